The Morgan fingerprint density at radius 3 is 2.71 bits per heavy atom. The quantitative estimate of drug-likeness (QED) is 0.821. The van der Waals surface area contributed by atoms with Crippen molar-refractivity contribution in [1.82, 2.24) is 5.32 Å². The van der Waals surface area contributed by atoms with Crippen LogP contribution in [0.2, 0.25) is 0 Å². The zero-order chi connectivity index (χ0) is 15.8. The summed E-state index contributed by atoms with van der Waals surface area (Å²) in [6.07, 6.45) is 0.487. The second kappa shape index (κ2) is 5.99. The van der Waals surface area contributed by atoms with Gasteiger partial charge in [-0.25, -0.2) is 17.9 Å². The molecule has 1 aliphatic rings. The van der Waals surface area contributed by atoms with E-state index in [1.165, 1.54) is 0 Å². The second-order valence-corrected chi connectivity index (χ2v) is 7.08. The van der Waals surface area contributed by atoms with Crippen molar-refractivity contribution in [2.75, 3.05) is 6.61 Å². The van der Waals surface area contributed by atoms with Gasteiger partial charge < -0.3 is 10.1 Å². The van der Waals surface area contributed by atoms with Crippen LogP contribution in [-0.2, 0) is 14.8 Å². The number of halogens is 2. The van der Waals surface area contributed by atoms with E-state index in [2.05, 4.69) is 21.2 Å². The number of amides is 1. The minimum Gasteiger partial charge on any atom is -0.376 e. The van der Waals surface area contributed by atoms with E-state index in [0.717, 1.165) is 12.1 Å². The molecule has 1 heterocycles. The van der Waals surface area contributed by atoms with Crippen molar-refractivity contribution >= 4 is 31.9 Å². The summed E-state index contributed by atoms with van der Waals surface area (Å²) in [4.78, 5) is 11.7. The number of ether oxygens (including phenoxy) is 1. The smallest absolute Gasteiger partial charge is 0.252 e. The lowest BCUT2D eigenvalue weighted by molar-refractivity contribution is 0.0865. The first-order valence-electron chi connectivity index (χ1n) is 6.14. The normalized spacial score (nSPS) is 22.3. The number of carbonyl (C=O) groups excluding carboxylic acids is 1. The van der Waals surface area contributed by atoms with Crippen molar-refractivity contribution in [3.8, 4) is 0 Å². The molecular formula is C12H14BrFN2O4S. The summed E-state index contributed by atoms with van der Waals surface area (Å²) in [7, 11) is -4.14. The lowest BCUT2D eigenvalue weighted by atomic mass is 10.1. The molecule has 1 saturated heterocycles. The Hall–Kier alpha value is -1.03. The van der Waals surface area contributed by atoms with E-state index in [9.17, 15) is 17.6 Å². The lowest BCUT2D eigenvalue weighted by Gasteiger charge is -2.17. The maximum Gasteiger partial charge on any atom is 0.252 e. The molecule has 0 radical (unpaired) electrons. The summed E-state index contributed by atoms with van der Waals surface area (Å²) in [5, 5.41) is 7.70. The topological polar surface area (TPSA) is 98.5 Å². The zero-order valence-electron chi connectivity index (χ0n) is 11.1. The largest absolute Gasteiger partial charge is 0.376 e. The Morgan fingerprint density at radius 2 is 2.19 bits per heavy atom. The molecule has 1 fully saturated rings. The van der Waals surface area contributed by atoms with Gasteiger partial charge in [0.1, 0.15) is 5.82 Å². The summed E-state index contributed by atoms with van der Waals surface area (Å²) in [6, 6.07) is 1.51. The van der Waals surface area contributed by atoms with Crippen molar-refractivity contribution in [3.63, 3.8) is 0 Å². The molecule has 0 aliphatic carbocycles. The van der Waals surface area contributed by atoms with Gasteiger partial charge in [-0.3, -0.25) is 4.79 Å². The summed E-state index contributed by atoms with van der Waals surface area (Å²) < 4.78 is 41.6. The van der Waals surface area contributed by atoms with Gasteiger partial charge in [0, 0.05) is 6.61 Å². The maximum atomic E-state index is 13.5. The van der Waals surface area contributed by atoms with E-state index < -0.39 is 26.6 Å². The molecule has 0 saturated carbocycles. The first-order chi connectivity index (χ1) is 9.70. The van der Waals surface area contributed by atoms with Gasteiger partial charge in [0.05, 0.1) is 27.1 Å². The number of hydrogen-bond acceptors (Lipinski definition) is 4. The fourth-order valence-electron chi connectivity index (χ4n) is 2.10. The number of rotatable bonds is 3. The third kappa shape index (κ3) is 3.60. The molecule has 1 aromatic rings. The third-order valence-corrected chi connectivity index (χ3v) is 5.30. The van der Waals surface area contributed by atoms with Crippen molar-refractivity contribution < 1.29 is 22.3 Å². The molecule has 2 unspecified atom stereocenters. The molecule has 0 aromatic heterocycles. The Morgan fingerprint density at radius 1 is 1.52 bits per heavy atom. The van der Waals surface area contributed by atoms with Crippen molar-refractivity contribution in [3.05, 3.63) is 28.0 Å². The van der Waals surface area contributed by atoms with Crippen molar-refractivity contribution in [1.29, 1.82) is 0 Å². The van der Waals surface area contributed by atoms with Crippen LogP contribution < -0.4 is 10.5 Å². The monoisotopic (exact) mass is 380 g/mol. The summed E-state index contributed by atoms with van der Waals surface area (Å²) >= 11 is 3.00. The molecule has 116 valence electrons. The molecule has 2 rings (SSSR count). The van der Waals surface area contributed by atoms with E-state index >= 15 is 0 Å². The van der Waals surface area contributed by atoms with E-state index in [4.69, 9.17) is 9.88 Å². The van der Waals surface area contributed by atoms with Gasteiger partial charge in [-0.1, -0.05) is 0 Å². The van der Waals surface area contributed by atoms with Gasteiger partial charge in [-0.2, -0.15) is 0 Å². The summed E-state index contributed by atoms with van der Waals surface area (Å²) in [5.74, 6) is -1.45. The van der Waals surface area contributed by atoms with Crippen LogP contribution in [0.15, 0.2) is 21.5 Å². The van der Waals surface area contributed by atoms with Crippen LogP contribution in [0.3, 0.4) is 0 Å². The predicted octanol–water partition coefficient (Wildman–Crippen LogP) is 1.14. The van der Waals surface area contributed by atoms with Gasteiger partial charge in [0.15, 0.2) is 0 Å². The predicted molar refractivity (Wildman–Crippen MR) is 76.8 cm³/mol. The second-order valence-electron chi connectivity index (χ2n) is 4.76. The molecule has 1 aromatic carbocycles. The zero-order valence-corrected chi connectivity index (χ0v) is 13.5. The number of benzene rings is 1. The molecule has 1 aliphatic heterocycles. The minimum atomic E-state index is -4.14. The molecule has 9 heteroatoms. The Kier molecular flexibility index (Phi) is 4.66. The SMILES string of the molecule is CC1OCCC1NC(=O)c1cc(F)cc(S(N)(=O)=O)c1Br. The van der Waals surface area contributed by atoms with E-state index in [1.54, 1.807) is 0 Å². The van der Waals surface area contributed by atoms with Crippen LogP contribution >= 0.6 is 15.9 Å². The van der Waals surface area contributed by atoms with Crippen LogP contribution in [0.25, 0.3) is 0 Å². The third-order valence-electron chi connectivity index (χ3n) is 3.25. The molecule has 1 amide bonds. The molecule has 0 spiro atoms. The van der Waals surface area contributed by atoms with E-state index in [0.29, 0.717) is 13.0 Å². The van der Waals surface area contributed by atoms with Gasteiger partial charge in [0.25, 0.3) is 5.91 Å². The number of primary sulfonamides is 1. The van der Waals surface area contributed by atoms with Crippen molar-refractivity contribution in [2.24, 2.45) is 5.14 Å². The van der Waals surface area contributed by atoms with Crippen LogP contribution in [0, 0.1) is 5.82 Å². The molecule has 6 nitrogen and oxygen atoms in total. The fourth-order valence-corrected chi connectivity index (χ4v) is 3.83. The summed E-state index contributed by atoms with van der Waals surface area (Å²) in [5.41, 5.74) is -0.127. The Bertz CT molecular complexity index is 680. The Labute approximate surface area is 130 Å². The molecular weight excluding hydrogens is 367 g/mol. The minimum absolute atomic E-state index is 0.0598. The molecule has 3 N–H and O–H groups in total. The highest BCUT2D eigenvalue weighted by atomic mass is 79.9. The highest BCUT2D eigenvalue weighted by molar-refractivity contribution is 9.10. The van der Waals surface area contributed by atoms with Crippen LogP contribution in [0.4, 0.5) is 4.39 Å². The first-order valence-corrected chi connectivity index (χ1v) is 8.48. The molecule has 0 bridgehead atoms. The van der Waals surface area contributed by atoms with Crippen LogP contribution in [-0.4, -0.2) is 33.1 Å². The number of hydrogen-bond donors (Lipinski definition) is 2. The number of carbonyl (C=O) groups is 1. The maximum absolute atomic E-state index is 13.5. The van der Waals surface area contributed by atoms with E-state index in [-0.39, 0.29) is 22.2 Å². The standard InChI is InChI=1S/C12H14BrFN2O4S/c1-6-9(2-3-20-6)16-12(17)8-4-7(14)5-10(11(8)13)21(15,18)19/h4-6,9H,2-3H2,1H3,(H,16,17)(H2,15,18,19). The fraction of sp³-hybridized carbons (Fsp3) is 0.417. The van der Waals surface area contributed by atoms with Gasteiger partial charge >= 0.3 is 0 Å². The number of sulfonamides is 1. The summed E-state index contributed by atoms with van der Waals surface area (Å²) in [6.45, 7) is 2.34. The average Bonchev–Trinajstić information content (AvgIpc) is 2.76. The van der Waals surface area contributed by atoms with Crippen LogP contribution in [0.1, 0.15) is 23.7 Å². The molecule has 21 heavy (non-hydrogen) atoms. The number of nitrogens with two attached hydrogens (primary N) is 1. The highest BCUT2D eigenvalue weighted by Crippen LogP contribution is 2.27. The lowest BCUT2D eigenvalue weighted by Crippen LogP contribution is -2.39. The van der Waals surface area contributed by atoms with Gasteiger partial charge in [-0.15, -0.1) is 0 Å². The van der Waals surface area contributed by atoms with Crippen molar-refractivity contribution in [2.45, 2.75) is 30.4 Å². The Balaban J connectivity index is 2.35. The van der Waals surface area contributed by atoms with E-state index in [1.807, 2.05) is 6.92 Å². The van der Waals surface area contributed by atoms with Gasteiger partial charge in [0.2, 0.25) is 10.0 Å². The first kappa shape index (κ1) is 16.3. The van der Waals surface area contributed by atoms with Gasteiger partial charge in [-0.05, 0) is 41.4 Å². The average molecular weight is 381 g/mol. The highest BCUT2D eigenvalue weighted by Gasteiger charge is 2.28. The molecule has 2 atom stereocenters. The number of nitrogens with one attached hydrogen (secondary N) is 1. The van der Waals surface area contributed by atoms with Crippen LogP contribution in [0.5, 0.6) is 0 Å².